The molecule has 2 aromatic carbocycles. The summed E-state index contributed by atoms with van der Waals surface area (Å²) in [6, 6.07) is 10.7. The zero-order valence-electron chi connectivity index (χ0n) is 12.3. The minimum atomic E-state index is -4.53. The molecule has 1 aliphatic rings. The zero-order valence-corrected chi connectivity index (χ0v) is 13.2. The van der Waals surface area contributed by atoms with Crippen LogP contribution in [0.5, 0.6) is 17.2 Å². The molecule has 0 amide bonds. The molecular weight excluding hydrogens is 335 g/mol. The van der Waals surface area contributed by atoms with Crippen molar-refractivity contribution in [3.63, 3.8) is 0 Å². The molecular formula is C16H13O7P. The molecule has 0 aliphatic carbocycles. The molecule has 0 saturated carbocycles. The number of para-hydroxylation sites is 1. The molecule has 0 unspecified atom stereocenters. The van der Waals surface area contributed by atoms with Gasteiger partial charge in [-0.05, 0) is 35.9 Å². The number of carbonyl (C=O) groups is 1. The summed E-state index contributed by atoms with van der Waals surface area (Å²) < 4.78 is 26.8. The highest BCUT2D eigenvalue weighted by Gasteiger charge is 2.23. The van der Waals surface area contributed by atoms with E-state index in [9.17, 15) is 19.1 Å². The van der Waals surface area contributed by atoms with Gasteiger partial charge < -0.3 is 24.0 Å². The van der Waals surface area contributed by atoms with Crippen LogP contribution < -0.4 is 19.5 Å². The highest BCUT2D eigenvalue weighted by atomic mass is 31.2. The fraction of sp³-hybridized carbons (Fsp3) is 0.0625. The minimum Gasteiger partial charge on any atom is -0.454 e. The third-order valence-electron chi connectivity index (χ3n) is 3.20. The Morgan fingerprint density at radius 1 is 1.12 bits per heavy atom. The molecule has 8 heteroatoms. The molecule has 0 fully saturated rings. The fourth-order valence-electron chi connectivity index (χ4n) is 2.11. The monoisotopic (exact) mass is 348 g/mol. The van der Waals surface area contributed by atoms with Crippen LogP contribution in [0.15, 0.2) is 48.5 Å². The summed E-state index contributed by atoms with van der Waals surface area (Å²) >= 11 is 0. The van der Waals surface area contributed by atoms with E-state index in [1.807, 2.05) is 0 Å². The quantitative estimate of drug-likeness (QED) is 0.376. The van der Waals surface area contributed by atoms with Crippen molar-refractivity contribution in [3.8, 4) is 17.2 Å². The number of fused-ring (bicyclic) bond motifs is 1. The molecule has 3 rings (SSSR count). The van der Waals surface area contributed by atoms with E-state index in [0.717, 1.165) is 6.08 Å². The Hall–Kier alpha value is -2.60. The van der Waals surface area contributed by atoms with Crippen molar-refractivity contribution >= 4 is 24.9 Å². The maximum atomic E-state index is 11.9. The molecule has 0 saturated heterocycles. The number of ether oxygens (including phenoxy) is 3. The first-order chi connectivity index (χ1) is 11.4. The predicted molar refractivity (Wildman–Crippen MR) is 85.4 cm³/mol. The van der Waals surface area contributed by atoms with Gasteiger partial charge in [0, 0.05) is 6.08 Å². The second kappa shape index (κ2) is 6.49. The van der Waals surface area contributed by atoms with Crippen LogP contribution in [-0.4, -0.2) is 22.5 Å². The largest absolute Gasteiger partial charge is 0.454 e. The second-order valence-electron chi connectivity index (χ2n) is 4.88. The summed E-state index contributed by atoms with van der Waals surface area (Å²) in [7, 11) is -4.53. The first-order valence-electron chi connectivity index (χ1n) is 6.88. The summed E-state index contributed by atoms with van der Waals surface area (Å²) in [5, 5.41) is -0.338. The van der Waals surface area contributed by atoms with Gasteiger partial charge in [-0.25, -0.2) is 4.79 Å². The molecule has 1 heterocycles. The van der Waals surface area contributed by atoms with E-state index in [1.165, 1.54) is 30.3 Å². The lowest BCUT2D eigenvalue weighted by atomic mass is 10.2. The van der Waals surface area contributed by atoms with Gasteiger partial charge in [0.1, 0.15) is 11.1 Å². The molecule has 0 spiro atoms. The van der Waals surface area contributed by atoms with Crippen molar-refractivity contribution in [2.24, 2.45) is 0 Å². The Morgan fingerprint density at radius 3 is 2.67 bits per heavy atom. The van der Waals surface area contributed by atoms with E-state index in [1.54, 1.807) is 18.2 Å². The summed E-state index contributed by atoms with van der Waals surface area (Å²) in [4.78, 5) is 30.4. The third kappa shape index (κ3) is 3.65. The van der Waals surface area contributed by atoms with Gasteiger partial charge in [-0.2, -0.15) is 0 Å². The van der Waals surface area contributed by atoms with Gasteiger partial charge in [0.2, 0.25) is 6.79 Å². The molecule has 2 aromatic rings. The average Bonchev–Trinajstić information content (AvgIpc) is 3.00. The number of esters is 1. The van der Waals surface area contributed by atoms with E-state index in [-0.39, 0.29) is 17.8 Å². The molecule has 0 atom stereocenters. The summed E-state index contributed by atoms with van der Waals surface area (Å²) in [5.41, 5.74) is 0.694. The van der Waals surface area contributed by atoms with Crippen molar-refractivity contribution in [3.05, 3.63) is 54.1 Å². The number of hydrogen-bond acceptors (Lipinski definition) is 5. The van der Waals surface area contributed by atoms with Crippen molar-refractivity contribution in [2.45, 2.75) is 0 Å². The van der Waals surface area contributed by atoms with Gasteiger partial charge in [0.05, 0.1) is 0 Å². The van der Waals surface area contributed by atoms with Crippen molar-refractivity contribution in [1.29, 1.82) is 0 Å². The van der Waals surface area contributed by atoms with Gasteiger partial charge in [0.25, 0.3) is 0 Å². The van der Waals surface area contributed by atoms with Gasteiger partial charge in [-0.3, -0.25) is 4.57 Å². The Morgan fingerprint density at radius 2 is 1.88 bits per heavy atom. The topological polar surface area (TPSA) is 102 Å². The fourth-order valence-corrected chi connectivity index (χ4v) is 2.80. The van der Waals surface area contributed by atoms with Crippen LogP contribution in [0.2, 0.25) is 0 Å². The van der Waals surface area contributed by atoms with Gasteiger partial charge in [0.15, 0.2) is 11.5 Å². The molecule has 0 bridgehead atoms. The molecule has 0 aromatic heterocycles. The first-order valence-corrected chi connectivity index (χ1v) is 8.49. The first kappa shape index (κ1) is 16.3. The SMILES string of the molecule is O=C(/C=C/c1ccc2c(c1)OCO2)Oc1ccccc1P(=O)(O)O. The summed E-state index contributed by atoms with van der Waals surface area (Å²) in [5.74, 6) is 0.280. The van der Waals surface area contributed by atoms with Crippen LogP contribution in [-0.2, 0) is 9.36 Å². The number of carbonyl (C=O) groups excluding carboxylic acids is 1. The Bertz CT molecular complexity index is 853. The van der Waals surface area contributed by atoms with Crippen LogP contribution in [0.3, 0.4) is 0 Å². The van der Waals surface area contributed by atoms with E-state index in [4.69, 9.17) is 14.2 Å². The van der Waals surface area contributed by atoms with Crippen molar-refractivity contribution < 1.29 is 33.4 Å². The normalized spacial score (nSPS) is 13.2. The van der Waals surface area contributed by atoms with Crippen LogP contribution in [0.4, 0.5) is 0 Å². The minimum absolute atomic E-state index is 0.156. The van der Waals surface area contributed by atoms with Gasteiger partial charge in [-0.1, -0.05) is 18.2 Å². The highest BCUT2D eigenvalue weighted by Crippen LogP contribution is 2.37. The number of benzene rings is 2. The van der Waals surface area contributed by atoms with Crippen LogP contribution in [0.1, 0.15) is 5.56 Å². The van der Waals surface area contributed by atoms with E-state index < -0.39 is 13.6 Å². The van der Waals surface area contributed by atoms with E-state index >= 15 is 0 Å². The van der Waals surface area contributed by atoms with Gasteiger partial charge in [-0.15, -0.1) is 0 Å². The zero-order chi connectivity index (χ0) is 17.2. The maximum Gasteiger partial charge on any atom is 0.359 e. The lowest BCUT2D eigenvalue weighted by Gasteiger charge is -2.09. The Balaban J connectivity index is 1.74. The van der Waals surface area contributed by atoms with Crippen LogP contribution in [0.25, 0.3) is 6.08 Å². The van der Waals surface area contributed by atoms with Crippen molar-refractivity contribution in [2.75, 3.05) is 6.79 Å². The van der Waals surface area contributed by atoms with Crippen molar-refractivity contribution in [1.82, 2.24) is 0 Å². The Kier molecular flexibility index (Phi) is 4.40. The molecule has 124 valence electrons. The van der Waals surface area contributed by atoms with Gasteiger partial charge >= 0.3 is 13.6 Å². The van der Waals surface area contributed by atoms with Crippen LogP contribution in [0, 0.1) is 0 Å². The summed E-state index contributed by atoms with van der Waals surface area (Å²) in [6.45, 7) is 0.156. The highest BCUT2D eigenvalue weighted by molar-refractivity contribution is 7.60. The molecule has 24 heavy (non-hydrogen) atoms. The van der Waals surface area contributed by atoms with E-state index in [0.29, 0.717) is 17.1 Å². The lowest BCUT2D eigenvalue weighted by molar-refractivity contribution is -0.128. The number of hydrogen-bond donors (Lipinski definition) is 2. The average molecular weight is 348 g/mol. The molecule has 2 N–H and O–H groups in total. The molecule has 1 aliphatic heterocycles. The number of rotatable bonds is 4. The van der Waals surface area contributed by atoms with Crippen LogP contribution >= 0.6 is 7.60 Å². The smallest absolute Gasteiger partial charge is 0.359 e. The predicted octanol–water partition coefficient (Wildman–Crippen LogP) is 1.84. The second-order valence-corrected chi connectivity index (χ2v) is 6.45. The Labute approximate surface area is 137 Å². The van der Waals surface area contributed by atoms with E-state index in [2.05, 4.69) is 0 Å². The summed E-state index contributed by atoms with van der Waals surface area (Å²) in [6.07, 6.45) is 2.67. The standard InChI is InChI=1S/C16H13O7P/c17-16(23-13-3-1-2-4-15(13)24(18,19)20)8-6-11-5-7-12-14(9-11)22-10-21-12/h1-9H,10H2,(H2,18,19,20)/b8-6+. The molecule has 0 radical (unpaired) electrons. The third-order valence-corrected chi connectivity index (χ3v) is 4.20. The maximum absolute atomic E-state index is 11.9. The lowest BCUT2D eigenvalue weighted by Crippen LogP contribution is -2.13. The molecule has 7 nitrogen and oxygen atoms in total.